The Morgan fingerprint density at radius 3 is 2.00 bits per heavy atom. The fourth-order valence-corrected chi connectivity index (χ4v) is 8.23. The average Bonchev–Trinajstić information content (AvgIpc) is 3.14. The summed E-state index contributed by atoms with van der Waals surface area (Å²) < 4.78 is 0. The van der Waals surface area contributed by atoms with Gasteiger partial charge in [0.05, 0.1) is 12.1 Å². The maximum Gasteiger partial charge on any atom is 0.245 e. The first-order chi connectivity index (χ1) is 24.3. The molecule has 3 amide bonds. The minimum absolute atomic E-state index is 0.00760. The van der Waals surface area contributed by atoms with Crippen molar-refractivity contribution in [2.24, 2.45) is 23.3 Å². The number of nitrogens with zero attached hydrogens (tertiary/aromatic N) is 2. The first kappa shape index (κ1) is 37.7. The number of rotatable bonds is 18. The van der Waals surface area contributed by atoms with Crippen LogP contribution in [0.4, 0.5) is 0 Å². The SMILES string of the molecule is CCN1CC2CC(C1)N2C(=O)C(CCCCN)NC(=O)C(CC(=O)C(Cc1ccccc1)NC(=O)C(N)Cc1ccccc1)C1CCCCC1. The number of piperidine rings is 1. The predicted octanol–water partition coefficient (Wildman–Crippen LogP) is 3.36. The minimum Gasteiger partial charge on any atom is -0.345 e. The number of amides is 3. The second kappa shape index (κ2) is 18.6. The van der Waals surface area contributed by atoms with Gasteiger partial charge in [0.25, 0.3) is 0 Å². The van der Waals surface area contributed by atoms with E-state index in [9.17, 15) is 19.2 Å². The summed E-state index contributed by atoms with van der Waals surface area (Å²) in [6.45, 7) is 5.37. The lowest BCUT2D eigenvalue weighted by molar-refractivity contribution is -0.157. The Morgan fingerprint density at radius 2 is 1.40 bits per heavy atom. The zero-order valence-corrected chi connectivity index (χ0v) is 29.8. The van der Waals surface area contributed by atoms with Crippen LogP contribution < -0.4 is 22.1 Å². The van der Waals surface area contributed by atoms with Gasteiger partial charge in [0.15, 0.2) is 5.78 Å². The minimum atomic E-state index is -0.838. The standard InChI is InChI=1S/C40H58N6O4/c1-2-45-26-31-24-32(27-45)46(31)40(50)35(20-12-13-21-41)43-38(48)33(30-18-10-5-11-19-30)25-37(47)36(23-29-16-8-4-9-17-29)44-39(49)34(42)22-28-14-6-3-7-15-28/h3-4,6-9,14-17,30-36H,2,5,10-13,18-27,41-42H2,1H3,(H,43,48)(H,44,49). The largest absolute Gasteiger partial charge is 0.345 e. The normalized spacial score (nSPS) is 21.7. The van der Waals surface area contributed by atoms with Crippen LogP contribution >= 0.6 is 0 Å². The van der Waals surface area contributed by atoms with Crippen molar-refractivity contribution in [2.45, 2.75) is 114 Å². The predicted molar refractivity (Wildman–Crippen MR) is 196 cm³/mol. The summed E-state index contributed by atoms with van der Waals surface area (Å²) in [5.74, 6) is -1.39. The van der Waals surface area contributed by atoms with Crippen LogP contribution in [0.2, 0.25) is 0 Å². The van der Waals surface area contributed by atoms with Gasteiger partial charge in [-0.15, -0.1) is 0 Å². The van der Waals surface area contributed by atoms with Crippen molar-refractivity contribution < 1.29 is 19.2 Å². The van der Waals surface area contributed by atoms with Crippen LogP contribution in [0.1, 0.15) is 82.3 Å². The van der Waals surface area contributed by atoms with Crippen LogP contribution in [0, 0.1) is 11.8 Å². The van der Waals surface area contributed by atoms with E-state index in [4.69, 9.17) is 11.5 Å². The lowest BCUT2D eigenvalue weighted by Crippen LogP contribution is -2.72. The van der Waals surface area contributed by atoms with Crippen molar-refractivity contribution in [2.75, 3.05) is 26.2 Å². The number of unbranched alkanes of at least 4 members (excludes halogenated alkanes) is 1. The topological polar surface area (TPSA) is 151 Å². The first-order valence-electron chi connectivity index (χ1n) is 19.0. The summed E-state index contributed by atoms with van der Waals surface area (Å²) >= 11 is 0. The highest BCUT2D eigenvalue weighted by Gasteiger charge is 2.48. The lowest BCUT2D eigenvalue weighted by Gasteiger charge is -2.57. The molecule has 10 heteroatoms. The zero-order chi connectivity index (χ0) is 35.5. The molecule has 6 rings (SSSR count). The van der Waals surface area contributed by atoms with Crippen molar-refractivity contribution in [3.05, 3.63) is 71.8 Å². The van der Waals surface area contributed by atoms with Gasteiger partial charge in [-0.2, -0.15) is 0 Å². The molecule has 2 aromatic rings. The van der Waals surface area contributed by atoms with Crippen molar-refractivity contribution in [3.8, 4) is 0 Å². The first-order valence-corrected chi connectivity index (χ1v) is 19.0. The molecule has 0 aromatic heterocycles. The fraction of sp³-hybridized carbons (Fsp3) is 0.600. The van der Waals surface area contributed by atoms with Crippen LogP contribution in [0.3, 0.4) is 0 Å². The molecule has 3 heterocycles. The van der Waals surface area contributed by atoms with Gasteiger partial charge in [-0.1, -0.05) is 86.8 Å². The van der Waals surface area contributed by atoms with Gasteiger partial charge in [0.2, 0.25) is 17.7 Å². The number of hydrogen-bond acceptors (Lipinski definition) is 7. The number of likely N-dealkylation sites (N-methyl/N-ethyl adjacent to an activating group) is 1. The Labute approximate surface area is 298 Å². The number of hydrogen-bond donors (Lipinski definition) is 4. The number of Topliss-reactive ketones (excluding diaryl/α,β-unsaturated/α-hetero) is 1. The van der Waals surface area contributed by atoms with Gasteiger partial charge in [-0.05, 0) is 81.5 Å². The van der Waals surface area contributed by atoms with E-state index in [0.29, 0.717) is 25.8 Å². The number of carbonyl (C=O) groups excluding carboxylic acids is 4. The maximum atomic E-state index is 14.3. The van der Waals surface area contributed by atoms with E-state index in [0.717, 1.165) is 82.1 Å². The van der Waals surface area contributed by atoms with Crippen LogP contribution in [-0.4, -0.2) is 89.7 Å². The summed E-state index contributed by atoms with van der Waals surface area (Å²) in [4.78, 5) is 60.5. The van der Waals surface area contributed by atoms with E-state index in [1.54, 1.807) is 0 Å². The van der Waals surface area contributed by atoms with Crippen LogP contribution in [0.25, 0.3) is 0 Å². The Bertz CT molecular complexity index is 1390. The molecule has 10 nitrogen and oxygen atoms in total. The van der Waals surface area contributed by atoms with E-state index in [1.165, 1.54) is 0 Å². The number of benzene rings is 2. The van der Waals surface area contributed by atoms with Crippen LogP contribution in [0.15, 0.2) is 60.7 Å². The summed E-state index contributed by atoms with van der Waals surface area (Å²) in [5, 5.41) is 6.14. The smallest absolute Gasteiger partial charge is 0.245 e. The Balaban J connectivity index is 1.32. The molecular formula is C40H58N6O4. The summed E-state index contributed by atoms with van der Waals surface area (Å²) in [6.07, 6.45) is 8.51. The molecule has 0 radical (unpaired) electrons. The number of carbonyl (C=O) groups is 4. The maximum absolute atomic E-state index is 14.3. The van der Waals surface area contributed by atoms with Crippen LogP contribution in [0.5, 0.6) is 0 Å². The van der Waals surface area contributed by atoms with Gasteiger partial charge in [0.1, 0.15) is 6.04 Å². The molecule has 2 bridgehead atoms. The van der Waals surface area contributed by atoms with Gasteiger partial charge in [-0.25, -0.2) is 0 Å². The number of piperazine rings is 1. The van der Waals surface area contributed by atoms with E-state index < -0.39 is 30.0 Å². The Hall–Kier alpha value is -3.60. The second-order valence-electron chi connectivity index (χ2n) is 14.7. The number of fused-ring (bicyclic) bond motifs is 2. The van der Waals surface area contributed by atoms with Crippen LogP contribution in [-0.2, 0) is 32.0 Å². The number of ketones is 1. The highest BCUT2D eigenvalue weighted by atomic mass is 16.2. The average molecular weight is 687 g/mol. The van der Waals surface area contributed by atoms with Gasteiger partial charge in [0, 0.05) is 37.5 Å². The summed E-state index contributed by atoms with van der Waals surface area (Å²) in [5.41, 5.74) is 14.0. The molecule has 50 heavy (non-hydrogen) atoms. The highest BCUT2D eigenvalue weighted by molar-refractivity contribution is 5.95. The van der Waals surface area contributed by atoms with Crippen molar-refractivity contribution >= 4 is 23.5 Å². The summed E-state index contributed by atoms with van der Waals surface area (Å²) in [6, 6.07) is 17.2. The molecule has 6 atom stereocenters. The quantitative estimate of drug-likeness (QED) is 0.176. The van der Waals surface area contributed by atoms with E-state index in [-0.39, 0.29) is 42.0 Å². The molecule has 3 saturated heterocycles. The molecule has 6 N–H and O–H groups in total. The molecule has 4 aliphatic rings. The van der Waals surface area contributed by atoms with Crippen molar-refractivity contribution in [3.63, 3.8) is 0 Å². The molecule has 6 unspecified atom stereocenters. The molecule has 3 aliphatic heterocycles. The fourth-order valence-electron chi connectivity index (χ4n) is 8.23. The van der Waals surface area contributed by atoms with E-state index in [2.05, 4.69) is 22.5 Å². The molecule has 1 saturated carbocycles. The Morgan fingerprint density at radius 1 is 0.800 bits per heavy atom. The molecule has 0 spiro atoms. The van der Waals surface area contributed by atoms with E-state index >= 15 is 0 Å². The third-order valence-electron chi connectivity index (χ3n) is 11.1. The van der Waals surface area contributed by atoms with E-state index in [1.807, 2.05) is 65.6 Å². The third-order valence-corrected chi connectivity index (χ3v) is 11.1. The number of nitrogens with one attached hydrogen (secondary N) is 2. The van der Waals surface area contributed by atoms with Crippen molar-refractivity contribution in [1.29, 1.82) is 0 Å². The lowest BCUT2D eigenvalue weighted by atomic mass is 9.76. The number of nitrogens with two attached hydrogens (primary N) is 2. The third kappa shape index (κ3) is 10.0. The molecule has 272 valence electrons. The summed E-state index contributed by atoms with van der Waals surface area (Å²) in [7, 11) is 0. The van der Waals surface area contributed by atoms with Gasteiger partial charge >= 0.3 is 0 Å². The second-order valence-corrected chi connectivity index (χ2v) is 14.7. The monoisotopic (exact) mass is 686 g/mol. The van der Waals surface area contributed by atoms with Gasteiger partial charge in [-0.3, -0.25) is 24.1 Å². The molecule has 4 fully saturated rings. The molecule has 1 aliphatic carbocycles. The van der Waals surface area contributed by atoms with Gasteiger partial charge < -0.3 is 27.0 Å². The molecule has 2 aromatic carbocycles. The van der Waals surface area contributed by atoms with Crippen molar-refractivity contribution in [1.82, 2.24) is 20.4 Å². The molecular weight excluding hydrogens is 628 g/mol. The Kier molecular flexibility index (Phi) is 14.0. The zero-order valence-electron chi connectivity index (χ0n) is 29.8. The highest BCUT2D eigenvalue weighted by Crippen LogP contribution is 2.35.